The number of carbonyl (C=O) groups is 1. The summed E-state index contributed by atoms with van der Waals surface area (Å²) in [6.07, 6.45) is 1.44. The van der Waals surface area contributed by atoms with Crippen LogP contribution in [0.1, 0.15) is 21.0 Å². The van der Waals surface area contributed by atoms with Crippen LogP contribution in [0.25, 0.3) is 0 Å². The molecule has 3 heterocycles. The van der Waals surface area contributed by atoms with E-state index in [-0.39, 0.29) is 29.0 Å². The summed E-state index contributed by atoms with van der Waals surface area (Å²) in [5.41, 5.74) is 0.628. The minimum atomic E-state index is -3.54. The van der Waals surface area contributed by atoms with Gasteiger partial charge in [0, 0.05) is 23.5 Å². The lowest BCUT2D eigenvalue weighted by molar-refractivity contribution is 0.0731. The van der Waals surface area contributed by atoms with Crippen molar-refractivity contribution < 1.29 is 27.1 Å². The van der Waals surface area contributed by atoms with Crippen molar-refractivity contribution in [2.45, 2.75) is 17.4 Å². The van der Waals surface area contributed by atoms with Gasteiger partial charge in [-0.25, -0.2) is 8.42 Å². The predicted molar refractivity (Wildman–Crippen MR) is 115 cm³/mol. The molecule has 8 nitrogen and oxygen atoms in total. The molecular formula is C21H22N2O6S2. The van der Waals surface area contributed by atoms with Crippen LogP contribution in [0, 0.1) is 0 Å². The predicted octanol–water partition coefficient (Wildman–Crippen LogP) is 2.87. The van der Waals surface area contributed by atoms with E-state index in [4.69, 9.17) is 13.9 Å². The molecule has 0 spiro atoms. The molecule has 10 heteroatoms. The second kappa shape index (κ2) is 9.65. The van der Waals surface area contributed by atoms with Crippen molar-refractivity contribution in [3.05, 3.63) is 71.0 Å². The number of ether oxygens (including phenoxy) is 2. The third kappa shape index (κ3) is 5.16. The number of rotatable bonds is 8. The smallest absolute Gasteiger partial charge is 0.287 e. The number of para-hydroxylation sites is 1. The zero-order chi connectivity index (χ0) is 21.7. The van der Waals surface area contributed by atoms with Crippen molar-refractivity contribution in [3.63, 3.8) is 0 Å². The average molecular weight is 463 g/mol. The molecule has 164 valence electrons. The van der Waals surface area contributed by atoms with Crippen LogP contribution in [0.3, 0.4) is 0 Å². The minimum Gasteiger partial charge on any atom is -0.489 e. The summed E-state index contributed by atoms with van der Waals surface area (Å²) in [5.74, 6) is 0.485. The highest BCUT2D eigenvalue weighted by atomic mass is 32.2. The number of carbonyl (C=O) groups excluding carboxylic acids is 1. The fourth-order valence-electron chi connectivity index (χ4n) is 3.08. The number of hydrogen-bond acceptors (Lipinski definition) is 7. The Labute approximate surface area is 184 Å². The minimum absolute atomic E-state index is 0.175. The fraction of sp³-hybridized carbons (Fsp3) is 0.286. The lowest BCUT2D eigenvalue weighted by atomic mass is 10.2. The Hall–Kier alpha value is -2.66. The summed E-state index contributed by atoms with van der Waals surface area (Å²) in [6.45, 7) is 1.88. The van der Waals surface area contributed by atoms with Gasteiger partial charge >= 0.3 is 0 Å². The first-order chi connectivity index (χ1) is 15.0. The van der Waals surface area contributed by atoms with Crippen LogP contribution in [0.4, 0.5) is 0 Å². The van der Waals surface area contributed by atoms with E-state index in [1.165, 1.54) is 10.6 Å². The second-order valence-electron chi connectivity index (χ2n) is 6.80. The van der Waals surface area contributed by atoms with Crippen molar-refractivity contribution >= 4 is 27.3 Å². The number of nitrogens with one attached hydrogen (secondary N) is 1. The largest absolute Gasteiger partial charge is 0.489 e. The molecule has 1 fully saturated rings. The standard InChI is InChI=1S/C21H22N2O6S2/c24-21(20-16(8-11-28-20)15-29-17-4-2-1-3-5-17)22-14-18-6-7-19(30-18)31(25,26)23-9-12-27-13-10-23/h1-8,11H,9-10,12-15H2,(H,22,24). The number of amides is 1. The maximum absolute atomic E-state index is 12.7. The number of hydrogen-bond donors (Lipinski definition) is 1. The highest BCUT2D eigenvalue weighted by molar-refractivity contribution is 7.91. The summed E-state index contributed by atoms with van der Waals surface area (Å²) in [6, 6.07) is 14.3. The number of benzene rings is 1. The first-order valence-corrected chi connectivity index (χ1v) is 12.0. The molecule has 3 aromatic rings. The Bertz CT molecular complexity index is 1120. The van der Waals surface area contributed by atoms with Crippen LogP contribution >= 0.6 is 11.3 Å². The van der Waals surface area contributed by atoms with Crippen molar-refractivity contribution in [2.75, 3.05) is 26.3 Å². The van der Waals surface area contributed by atoms with Crippen LogP contribution in [0.15, 0.2) is 63.4 Å². The van der Waals surface area contributed by atoms with Gasteiger partial charge in [0.25, 0.3) is 15.9 Å². The Balaban J connectivity index is 1.35. The molecule has 31 heavy (non-hydrogen) atoms. The Kier molecular flexibility index (Phi) is 6.71. The molecule has 0 radical (unpaired) electrons. The van der Waals surface area contributed by atoms with E-state index in [0.29, 0.717) is 37.6 Å². The molecule has 1 aromatic carbocycles. The maximum atomic E-state index is 12.7. The van der Waals surface area contributed by atoms with Crippen LogP contribution in [-0.2, 0) is 27.9 Å². The third-order valence-electron chi connectivity index (χ3n) is 4.71. The number of nitrogens with zero attached hydrogens (tertiary/aromatic N) is 1. The molecule has 0 saturated carbocycles. The summed E-state index contributed by atoms with van der Waals surface area (Å²) in [7, 11) is -3.54. The molecule has 1 aliphatic rings. The molecule has 1 aliphatic heterocycles. The molecule has 1 saturated heterocycles. The highest BCUT2D eigenvalue weighted by Crippen LogP contribution is 2.25. The molecule has 1 N–H and O–H groups in total. The summed E-state index contributed by atoms with van der Waals surface area (Å²) >= 11 is 1.14. The molecule has 0 atom stereocenters. The van der Waals surface area contributed by atoms with Crippen LogP contribution in [0.5, 0.6) is 5.75 Å². The normalized spacial score (nSPS) is 15.0. The Morgan fingerprint density at radius 1 is 1.10 bits per heavy atom. The van der Waals surface area contributed by atoms with E-state index in [0.717, 1.165) is 16.2 Å². The number of sulfonamides is 1. The van der Waals surface area contributed by atoms with E-state index in [2.05, 4.69) is 5.32 Å². The summed E-state index contributed by atoms with van der Waals surface area (Å²) in [4.78, 5) is 13.3. The topological polar surface area (TPSA) is 98.1 Å². The van der Waals surface area contributed by atoms with Gasteiger partial charge in [0.15, 0.2) is 5.76 Å². The average Bonchev–Trinajstić information content (AvgIpc) is 3.47. The van der Waals surface area contributed by atoms with Crippen LogP contribution < -0.4 is 10.1 Å². The first kappa shape index (κ1) is 21.6. The van der Waals surface area contributed by atoms with Gasteiger partial charge in [-0.1, -0.05) is 18.2 Å². The molecule has 4 rings (SSSR count). The quantitative estimate of drug-likeness (QED) is 0.553. The number of furan rings is 1. The van der Waals surface area contributed by atoms with Crippen molar-refractivity contribution in [1.29, 1.82) is 0 Å². The lowest BCUT2D eigenvalue weighted by Gasteiger charge is -2.25. The molecule has 1 amide bonds. The lowest BCUT2D eigenvalue weighted by Crippen LogP contribution is -2.40. The van der Waals surface area contributed by atoms with Gasteiger partial charge < -0.3 is 19.2 Å². The Morgan fingerprint density at radius 2 is 1.87 bits per heavy atom. The van der Waals surface area contributed by atoms with E-state index >= 15 is 0 Å². The van der Waals surface area contributed by atoms with Gasteiger partial charge in [0.2, 0.25) is 0 Å². The van der Waals surface area contributed by atoms with E-state index in [9.17, 15) is 13.2 Å². The molecule has 0 bridgehead atoms. The summed E-state index contributed by atoms with van der Waals surface area (Å²) in [5, 5.41) is 2.78. The van der Waals surface area contributed by atoms with Gasteiger partial charge in [-0.3, -0.25) is 4.79 Å². The Morgan fingerprint density at radius 3 is 2.65 bits per heavy atom. The maximum Gasteiger partial charge on any atom is 0.287 e. The summed E-state index contributed by atoms with van der Waals surface area (Å²) < 4.78 is 43.4. The molecule has 0 aliphatic carbocycles. The van der Waals surface area contributed by atoms with E-state index in [1.807, 2.05) is 30.3 Å². The zero-order valence-electron chi connectivity index (χ0n) is 16.7. The SMILES string of the molecule is O=C(NCc1ccc(S(=O)(=O)N2CCOCC2)s1)c1occc1COc1ccccc1. The van der Waals surface area contributed by atoms with E-state index < -0.39 is 10.0 Å². The van der Waals surface area contributed by atoms with Crippen LogP contribution in [-0.4, -0.2) is 44.9 Å². The number of morpholine rings is 1. The monoisotopic (exact) mass is 462 g/mol. The van der Waals surface area contributed by atoms with Gasteiger partial charge in [0.1, 0.15) is 16.6 Å². The van der Waals surface area contributed by atoms with E-state index in [1.54, 1.807) is 18.2 Å². The third-order valence-corrected chi connectivity index (χ3v) is 8.17. The van der Waals surface area contributed by atoms with Crippen molar-refractivity contribution in [2.24, 2.45) is 0 Å². The molecule has 2 aromatic heterocycles. The number of thiophene rings is 1. The fourth-order valence-corrected chi connectivity index (χ4v) is 5.94. The molecular weight excluding hydrogens is 440 g/mol. The van der Waals surface area contributed by atoms with Crippen molar-refractivity contribution in [3.8, 4) is 5.75 Å². The first-order valence-electron chi connectivity index (χ1n) is 9.73. The van der Waals surface area contributed by atoms with Gasteiger partial charge in [-0.15, -0.1) is 11.3 Å². The second-order valence-corrected chi connectivity index (χ2v) is 10.1. The van der Waals surface area contributed by atoms with Gasteiger partial charge in [-0.2, -0.15) is 4.31 Å². The van der Waals surface area contributed by atoms with Crippen molar-refractivity contribution in [1.82, 2.24) is 9.62 Å². The highest BCUT2D eigenvalue weighted by Gasteiger charge is 2.27. The zero-order valence-corrected chi connectivity index (χ0v) is 18.3. The van der Waals surface area contributed by atoms with Crippen LogP contribution in [0.2, 0.25) is 0 Å². The van der Waals surface area contributed by atoms with Gasteiger partial charge in [-0.05, 0) is 30.3 Å². The molecule has 0 unspecified atom stereocenters. The van der Waals surface area contributed by atoms with Gasteiger partial charge in [0.05, 0.1) is 26.0 Å².